The van der Waals surface area contributed by atoms with Crippen molar-refractivity contribution in [2.75, 3.05) is 32.2 Å². The van der Waals surface area contributed by atoms with E-state index in [1.165, 1.54) is 6.07 Å². The van der Waals surface area contributed by atoms with Crippen molar-refractivity contribution in [1.82, 2.24) is 4.98 Å². The number of rotatable bonds is 8. The first kappa shape index (κ1) is 20.3. The number of aromatic nitrogens is 1. The maximum absolute atomic E-state index is 12.5. The highest BCUT2D eigenvalue weighted by Gasteiger charge is 2.24. The normalized spacial score (nSPS) is 10.5. The lowest BCUT2D eigenvalue weighted by Gasteiger charge is -2.17. The first-order valence-corrected chi connectivity index (χ1v) is 8.85. The average Bonchev–Trinajstić information content (AvgIpc) is 2.64. The molecule has 146 valence electrons. The Balaban J connectivity index is 2.87. The van der Waals surface area contributed by atoms with Gasteiger partial charge in [0.05, 0.1) is 32.0 Å². The van der Waals surface area contributed by atoms with Crippen LogP contribution in [0.15, 0.2) is 12.1 Å². The molecule has 2 rings (SSSR count). The SMILES string of the molecule is CCOC(=O)c1cc(C(=O)OCC)c2c(N)cc(OCC)c(OCC)c2n1. The summed E-state index contributed by atoms with van der Waals surface area (Å²) in [5.74, 6) is -0.588. The quantitative estimate of drug-likeness (QED) is 0.553. The number of anilines is 1. The average molecular weight is 376 g/mol. The van der Waals surface area contributed by atoms with Gasteiger partial charge in [0, 0.05) is 17.1 Å². The number of nitrogens with two attached hydrogens (primary N) is 1. The number of carbonyl (C=O) groups excluding carboxylic acids is 2. The van der Waals surface area contributed by atoms with E-state index < -0.39 is 11.9 Å². The topological polar surface area (TPSA) is 110 Å². The third-order valence-corrected chi connectivity index (χ3v) is 3.60. The number of nitrogens with zero attached hydrogens (tertiary/aromatic N) is 1. The molecule has 1 heterocycles. The number of hydrogen-bond acceptors (Lipinski definition) is 8. The van der Waals surface area contributed by atoms with Crippen LogP contribution in [0.25, 0.3) is 10.9 Å². The first-order chi connectivity index (χ1) is 13.0. The zero-order chi connectivity index (χ0) is 20.0. The molecule has 0 aliphatic rings. The van der Waals surface area contributed by atoms with Crippen molar-refractivity contribution >= 4 is 28.5 Å². The van der Waals surface area contributed by atoms with Crippen molar-refractivity contribution in [3.05, 3.63) is 23.4 Å². The minimum atomic E-state index is -0.659. The highest BCUT2D eigenvalue weighted by Crippen LogP contribution is 2.40. The zero-order valence-corrected chi connectivity index (χ0v) is 16.0. The Bertz CT molecular complexity index is 850. The molecule has 1 aromatic carbocycles. The predicted molar refractivity (Wildman–Crippen MR) is 100 cm³/mol. The van der Waals surface area contributed by atoms with Gasteiger partial charge in [0.15, 0.2) is 11.5 Å². The number of pyridine rings is 1. The second-order valence-corrected chi connectivity index (χ2v) is 5.38. The molecule has 1 aromatic heterocycles. The smallest absolute Gasteiger partial charge is 0.356 e. The van der Waals surface area contributed by atoms with E-state index in [4.69, 9.17) is 24.7 Å². The lowest BCUT2D eigenvalue weighted by atomic mass is 10.0. The van der Waals surface area contributed by atoms with Gasteiger partial charge in [-0.25, -0.2) is 14.6 Å². The minimum Gasteiger partial charge on any atom is -0.490 e. The molecule has 0 spiro atoms. The minimum absolute atomic E-state index is 0.0404. The van der Waals surface area contributed by atoms with Crippen molar-refractivity contribution in [1.29, 1.82) is 0 Å². The molecule has 8 heteroatoms. The highest BCUT2D eigenvalue weighted by molar-refractivity contribution is 6.12. The third kappa shape index (κ3) is 4.21. The molecule has 0 radical (unpaired) electrons. The molecular weight excluding hydrogens is 352 g/mol. The molecule has 0 saturated heterocycles. The molecule has 27 heavy (non-hydrogen) atoms. The Morgan fingerprint density at radius 3 is 2.15 bits per heavy atom. The second kappa shape index (κ2) is 9.07. The van der Waals surface area contributed by atoms with Gasteiger partial charge in [0.1, 0.15) is 11.2 Å². The molecule has 2 aromatic rings. The van der Waals surface area contributed by atoms with Crippen molar-refractivity contribution in [3.8, 4) is 11.5 Å². The van der Waals surface area contributed by atoms with Gasteiger partial charge in [-0.05, 0) is 33.8 Å². The fraction of sp³-hybridized carbons (Fsp3) is 0.421. The summed E-state index contributed by atoms with van der Waals surface area (Å²) < 4.78 is 21.4. The maximum Gasteiger partial charge on any atom is 0.356 e. The van der Waals surface area contributed by atoms with Crippen LogP contribution in [0.4, 0.5) is 5.69 Å². The molecule has 0 aliphatic heterocycles. The summed E-state index contributed by atoms with van der Waals surface area (Å²) in [6.07, 6.45) is 0. The fourth-order valence-electron chi connectivity index (χ4n) is 2.62. The van der Waals surface area contributed by atoms with E-state index in [1.807, 2.05) is 6.92 Å². The van der Waals surface area contributed by atoms with Gasteiger partial charge < -0.3 is 24.7 Å². The van der Waals surface area contributed by atoms with Crippen LogP contribution in [0.3, 0.4) is 0 Å². The molecular formula is C19H24N2O6. The summed E-state index contributed by atoms with van der Waals surface area (Å²) in [6.45, 7) is 8.06. The summed E-state index contributed by atoms with van der Waals surface area (Å²) in [6, 6.07) is 2.90. The number of hydrogen-bond donors (Lipinski definition) is 1. The first-order valence-electron chi connectivity index (χ1n) is 8.85. The molecule has 0 bridgehead atoms. The van der Waals surface area contributed by atoms with Crippen LogP contribution in [-0.2, 0) is 9.47 Å². The number of carbonyl (C=O) groups is 2. The Hall–Kier alpha value is -3.03. The summed E-state index contributed by atoms with van der Waals surface area (Å²) in [4.78, 5) is 29.1. The lowest BCUT2D eigenvalue weighted by Crippen LogP contribution is -2.13. The van der Waals surface area contributed by atoms with Crippen molar-refractivity contribution in [2.45, 2.75) is 27.7 Å². The Kier molecular flexibility index (Phi) is 6.81. The van der Waals surface area contributed by atoms with Gasteiger partial charge in [-0.1, -0.05) is 0 Å². The number of esters is 2. The van der Waals surface area contributed by atoms with Gasteiger partial charge >= 0.3 is 11.9 Å². The molecule has 0 aliphatic carbocycles. The molecule has 0 atom stereocenters. The van der Waals surface area contributed by atoms with E-state index in [0.29, 0.717) is 30.1 Å². The number of nitrogen functional groups attached to an aromatic ring is 1. The van der Waals surface area contributed by atoms with Crippen molar-refractivity contribution < 1.29 is 28.5 Å². The van der Waals surface area contributed by atoms with E-state index in [9.17, 15) is 9.59 Å². The molecule has 0 unspecified atom stereocenters. The van der Waals surface area contributed by atoms with Crippen LogP contribution in [0.1, 0.15) is 48.5 Å². The molecule has 0 amide bonds. The number of fused-ring (bicyclic) bond motifs is 1. The summed E-state index contributed by atoms with van der Waals surface area (Å²) in [5.41, 5.74) is 6.76. The van der Waals surface area contributed by atoms with Crippen LogP contribution >= 0.6 is 0 Å². The van der Waals surface area contributed by atoms with Crippen LogP contribution in [0.2, 0.25) is 0 Å². The Morgan fingerprint density at radius 2 is 1.56 bits per heavy atom. The van der Waals surface area contributed by atoms with Crippen molar-refractivity contribution in [3.63, 3.8) is 0 Å². The molecule has 8 nitrogen and oxygen atoms in total. The monoisotopic (exact) mass is 376 g/mol. The lowest BCUT2D eigenvalue weighted by molar-refractivity contribution is 0.0519. The van der Waals surface area contributed by atoms with Gasteiger partial charge in [-0.15, -0.1) is 0 Å². The van der Waals surface area contributed by atoms with Crippen LogP contribution in [-0.4, -0.2) is 43.4 Å². The second-order valence-electron chi connectivity index (χ2n) is 5.38. The van der Waals surface area contributed by atoms with Gasteiger partial charge in [0.2, 0.25) is 0 Å². The largest absolute Gasteiger partial charge is 0.490 e. The van der Waals surface area contributed by atoms with E-state index in [0.717, 1.165) is 0 Å². The third-order valence-electron chi connectivity index (χ3n) is 3.60. The summed E-state index contributed by atoms with van der Waals surface area (Å²) in [5, 5.41) is 0.341. The van der Waals surface area contributed by atoms with Crippen LogP contribution in [0, 0.1) is 0 Å². The Labute approximate surface area is 157 Å². The standard InChI is InChI=1S/C19H24N2O6/c1-5-24-14-10-12(20)15-11(18(22)26-7-3)9-13(19(23)27-8-4)21-16(15)17(14)25-6-2/h9-10H,5-8,20H2,1-4H3. The predicted octanol–water partition coefficient (Wildman–Crippen LogP) is 2.97. The van der Waals surface area contributed by atoms with Crippen molar-refractivity contribution in [2.24, 2.45) is 0 Å². The van der Waals surface area contributed by atoms with Gasteiger partial charge in [-0.2, -0.15) is 0 Å². The molecule has 0 fully saturated rings. The van der Waals surface area contributed by atoms with Crippen LogP contribution in [0.5, 0.6) is 11.5 Å². The highest BCUT2D eigenvalue weighted by atomic mass is 16.5. The number of ether oxygens (including phenoxy) is 4. The van der Waals surface area contributed by atoms with E-state index >= 15 is 0 Å². The van der Waals surface area contributed by atoms with E-state index in [1.54, 1.807) is 26.8 Å². The zero-order valence-electron chi connectivity index (χ0n) is 16.0. The van der Waals surface area contributed by atoms with E-state index in [-0.39, 0.29) is 35.7 Å². The molecule has 2 N–H and O–H groups in total. The van der Waals surface area contributed by atoms with Crippen LogP contribution < -0.4 is 15.2 Å². The van der Waals surface area contributed by atoms with E-state index in [2.05, 4.69) is 4.98 Å². The maximum atomic E-state index is 12.5. The fourth-order valence-corrected chi connectivity index (χ4v) is 2.62. The Morgan fingerprint density at radius 1 is 0.926 bits per heavy atom. The van der Waals surface area contributed by atoms with Gasteiger partial charge in [0.25, 0.3) is 0 Å². The summed E-state index contributed by atoms with van der Waals surface area (Å²) >= 11 is 0. The van der Waals surface area contributed by atoms with Gasteiger partial charge in [-0.3, -0.25) is 0 Å². The molecule has 0 saturated carbocycles. The number of benzene rings is 1. The summed E-state index contributed by atoms with van der Waals surface area (Å²) in [7, 11) is 0.